The highest BCUT2D eigenvalue weighted by Gasteiger charge is 2.13. The van der Waals surface area contributed by atoms with E-state index in [0.717, 1.165) is 11.3 Å². The molecule has 0 radical (unpaired) electrons. The number of nitro benzene ring substituents is 1. The van der Waals surface area contributed by atoms with Gasteiger partial charge in [0.1, 0.15) is 5.75 Å². The number of nitro groups is 1. The van der Waals surface area contributed by atoms with Gasteiger partial charge in [0.2, 0.25) is 5.91 Å². The van der Waals surface area contributed by atoms with E-state index in [1.54, 1.807) is 26.2 Å². The Hall–Kier alpha value is -3.22. The summed E-state index contributed by atoms with van der Waals surface area (Å²) in [5, 5.41) is 14.6. The quantitative estimate of drug-likeness (QED) is 0.476. The maximum atomic E-state index is 12.1. The number of nitrogens with zero attached hydrogens (tertiary/aromatic N) is 2. The monoisotopic (exact) mass is 341 g/mol. The molecular formula is C18H19N3O4. The third-order valence-electron chi connectivity index (χ3n) is 3.59. The van der Waals surface area contributed by atoms with E-state index in [4.69, 9.17) is 4.74 Å². The second kappa shape index (κ2) is 8.58. The van der Waals surface area contributed by atoms with Crippen LogP contribution in [-0.2, 0) is 11.2 Å². The van der Waals surface area contributed by atoms with Crippen molar-refractivity contribution >= 4 is 17.8 Å². The van der Waals surface area contributed by atoms with Gasteiger partial charge in [-0.2, -0.15) is 5.10 Å². The van der Waals surface area contributed by atoms with Crippen LogP contribution < -0.4 is 10.2 Å². The average Bonchev–Trinajstić information content (AvgIpc) is 2.62. The smallest absolute Gasteiger partial charge is 0.270 e. The Morgan fingerprint density at radius 3 is 2.80 bits per heavy atom. The molecule has 7 nitrogen and oxygen atoms in total. The van der Waals surface area contributed by atoms with Gasteiger partial charge in [-0.1, -0.05) is 31.2 Å². The average molecular weight is 341 g/mol. The minimum Gasteiger partial charge on any atom is -0.497 e. The van der Waals surface area contributed by atoms with E-state index < -0.39 is 4.92 Å². The second-order valence-electron chi connectivity index (χ2n) is 5.54. The molecule has 0 unspecified atom stereocenters. The zero-order chi connectivity index (χ0) is 18.2. The van der Waals surface area contributed by atoms with Gasteiger partial charge in [0.05, 0.1) is 18.2 Å². The fourth-order valence-corrected chi connectivity index (χ4v) is 2.24. The van der Waals surface area contributed by atoms with E-state index in [2.05, 4.69) is 10.5 Å². The number of carbonyl (C=O) groups is 1. The minimum atomic E-state index is -0.480. The number of rotatable bonds is 7. The third kappa shape index (κ3) is 5.42. The van der Waals surface area contributed by atoms with E-state index >= 15 is 0 Å². The first-order valence-corrected chi connectivity index (χ1v) is 7.70. The highest BCUT2D eigenvalue weighted by atomic mass is 16.6. The van der Waals surface area contributed by atoms with Crippen LogP contribution in [0, 0.1) is 16.0 Å². The van der Waals surface area contributed by atoms with Gasteiger partial charge in [0, 0.05) is 23.6 Å². The number of ether oxygens (including phenoxy) is 1. The van der Waals surface area contributed by atoms with Crippen LogP contribution in [0.25, 0.3) is 0 Å². The largest absolute Gasteiger partial charge is 0.497 e. The van der Waals surface area contributed by atoms with Crippen molar-refractivity contribution < 1.29 is 14.5 Å². The summed E-state index contributed by atoms with van der Waals surface area (Å²) in [6.45, 7) is 1.80. The van der Waals surface area contributed by atoms with Gasteiger partial charge in [-0.25, -0.2) is 5.43 Å². The van der Waals surface area contributed by atoms with Gasteiger partial charge in [-0.3, -0.25) is 14.9 Å². The molecule has 1 N–H and O–H groups in total. The summed E-state index contributed by atoms with van der Waals surface area (Å²) in [7, 11) is 1.60. The van der Waals surface area contributed by atoms with Crippen molar-refractivity contribution in [3.63, 3.8) is 0 Å². The summed E-state index contributed by atoms with van der Waals surface area (Å²) < 4.78 is 5.17. The Bertz CT molecular complexity index is 789. The number of hydrogen-bond acceptors (Lipinski definition) is 5. The van der Waals surface area contributed by atoms with E-state index in [1.807, 2.05) is 24.3 Å². The van der Waals surface area contributed by atoms with Gasteiger partial charge in [-0.15, -0.1) is 0 Å². The Morgan fingerprint density at radius 2 is 2.08 bits per heavy atom. The van der Waals surface area contributed by atoms with Gasteiger partial charge >= 0.3 is 0 Å². The number of nitrogens with one attached hydrogen (secondary N) is 1. The van der Waals surface area contributed by atoms with Crippen molar-refractivity contribution in [3.8, 4) is 5.75 Å². The molecule has 2 aromatic rings. The van der Waals surface area contributed by atoms with Gasteiger partial charge in [0.15, 0.2) is 0 Å². The van der Waals surface area contributed by atoms with Crippen molar-refractivity contribution in [2.24, 2.45) is 11.0 Å². The van der Waals surface area contributed by atoms with Crippen LogP contribution in [0.15, 0.2) is 53.6 Å². The molecule has 0 fully saturated rings. The summed E-state index contributed by atoms with van der Waals surface area (Å²) in [4.78, 5) is 22.3. The Morgan fingerprint density at radius 1 is 1.32 bits per heavy atom. The Kier molecular flexibility index (Phi) is 6.22. The SMILES string of the molecule is COc1cccc(C[C@@H](C)C(=O)N/N=C\c2cccc([N+](=O)[O-])c2)c1. The third-order valence-corrected chi connectivity index (χ3v) is 3.59. The van der Waals surface area contributed by atoms with Crippen molar-refractivity contribution in [1.29, 1.82) is 0 Å². The molecule has 0 aromatic heterocycles. The van der Waals surface area contributed by atoms with Crippen LogP contribution in [0.1, 0.15) is 18.1 Å². The minimum absolute atomic E-state index is 0.0262. The van der Waals surface area contributed by atoms with E-state index in [-0.39, 0.29) is 17.5 Å². The normalized spacial score (nSPS) is 11.9. The molecule has 0 aliphatic heterocycles. The number of benzene rings is 2. The fraction of sp³-hybridized carbons (Fsp3) is 0.222. The molecule has 1 atom stereocenters. The molecule has 2 rings (SSSR count). The molecule has 0 aliphatic rings. The molecule has 130 valence electrons. The summed E-state index contributed by atoms with van der Waals surface area (Å²) in [6.07, 6.45) is 1.93. The number of non-ortho nitro benzene ring substituents is 1. The zero-order valence-electron chi connectivity index (χ0n) is 14.0. The maximum absolute atomic E-state index is 12.1. The number of hydrazone groups is 1. The molecule has 0 aliphatic carbocycles. The summed E-state index contributed by atoms with van der Waals surface area (Å²) >= 11 is 0. The first kappa shape index (κ1) is 18.1. The fourth-order valence-electron chi connectivity index (χ4n) is 2.24. The first-order chi connectivity index (χ1) is 12.0. The van der Waals surface area contributed by atoms with Crippen LogP contribution >= 0.6 is 0 Å². The molecule has 0 spiro atoms. The van der Waals surface area contributed by atoms with E-state index in [0.29, 0.717) is 12.0 Å². The predicted octanol–water partition coefficient (Wildman–Crippen LogP) is 2.93. The molecule has 25 heavy (non-hydrogen) atoms. The van der Waals surface area contributed by atoms with Crippen LogP contribution in [0.4, 0.5) is 5.69 Å². The number of carbonyl (C=O) groups excluding carboxylic acids is 1. The lowest BCUT2D eigenvalue weighted by atomic mass is 10.0. The Labute approximate surface area is 145 Å². The summed E-state index contributed by atoms with van der Waals surface area (Å²) in [6, 6.07) is 13.5. The van der Waals surface area contributed by atoms with E-state index in [1.165, 1.54) is 18.3 Å². The molecular weight excluding hydrogens is 322 g/mol. The lowest BCUT2D eigenvalue weighted by Crippen LogP contribution is -2.26. The van der Waals surface area contributed by atoms with Crippen LogP contribution in [-0.4, -0.2) is 24.2 Å². The molecule has 0 bridgehead atoms. The lowest BCUT2D eigenvalue weighted by Gasteiger charge is -2.10. The summed E-state index contributed by atoms with van der Waals surface area (Å²) in [5.74, 6) is 0.229. The number of amides is 1. The molecule has 1 amide bonds. The number of hydrogen-bond donors (Lipinski definition) is 1. The topological polar surface area (TPSA) is 93.8 Å². The van der Waals surface area contributed by atoms with Crippen LogP contribution in [0.3, 0.4) is 0 Å². The lowest BCUT2D eigenvalue weighted by molar-refractivity contribution is -0.384. The molecule has 7 heteroatoms. The highest BCUT2D eigenvalue weighted by Crippen LogP contribution is 2.16. The highest BCUT2D eigenvalue weighted by molar-refractivity contribution is 5.83. The molecule has 2 aromatic carbocycles. The van der Waals surface area contributed by atoms with E-state index in [9.17, 15) is 14.9 Å². The van der Waals surface area contributed by atoms with Crippen molar-refractivity contribution in [2.75, 3.05) is 7.11 Å². The first-order valence-electron chi connectivity index (χ1n) is 7.70. The molecule has 0 heterocycles. The van der Waals surface area contributed by atoms with Crippen LogP contribution in [0.5, 0.6) is 5.75 Å². The predicted molar refractivity (Wildman–Crippen MR) is 94.7 cm³/mol. The zero-order valence-corrected chi connectivity index (χ0v) is 14.0. The number of methoxy groups -OCH3 is 1. The second-order valence-corrected chi connectivity index (χ2v) is 5.54. The van der Waals surface area contributed by atoms with Crippen LogP contribution in [0.2, 0.25) is 0 Å². The van der Waals surface area contributed by atoms with Gasteiger partial charge in [0.25, 0.3) is 5.69 Å². The Balaban J connectivity index is 1.92. The standard InChI is InChI=1S/C18H19N3O4/c1-13(9-14-5-4-8-17(11-14)25-2)18(22)20-19-12-15-6-3-7-16(10-15)21(23)24/h3-8,10-13H,9H2,1-2H3,(H,20,22)/b19-12-/t13-/m1/s1. The van der Waals surface area contributed by atoms with Crippen molar-refractivity contribution in [3.05, 3.63) is 69.8 Å². The van der Waals surface area contributed by atoms with Gasteiger partial charge < -0.3 is 4.74 Å². The summed E-state index contributed by atoms with van der Waals surface area (Å²) in [5.41, 5.74) is 3.96. The van der Waals surface area contributed by atoms with Crippen molar-refractivity contribution in [1.82, 2.24) is 5.43 Å². The van der Waals surface area contributed by atoms with Gasteiger partial charge in [-0.05, 0) is 24.1 Å². The maximum Gasteiger partial charge on any atom is 0.270 e. The molecule has 0 saturated heterocycles. The van der Waals surface area contributed by atoms with Crippen molar-refractivity contribution in [2.45, 2.75) is 13.3 Å². The molecule has 0 saturated carbocycles.